The number of halogens is 1. The lowest BCUT2D eigenvalue weighted by Crippen LogP contribution is -2.42. The molecule has 1 aliphatic rings. The molecule has 9 nitrogen and oxygen atoms in total. The maximum absolute atomic E-state index is 12.9. The first-order valence-corrected chi connectivity index (χ1v) is 11.0. The number of hydrogen-bond donors (Lipinski definition) is 2. The number of nitrogens with zero attached hydrogens (tertiary/aromatic N) is 4. The van der Waals surface area contributed by atoms with Crippen LogP contribution in [0, 0.1) is 5.92 Å². The molecule has 1 aliphatic heterocycles. The third-order valence-corrected chi connectivity index (χ3v) is 6.43. The van der Waals surface area contributed by atoms with Gasteiger partial charge in [0.15, 0.2) is 10.8 Å². The summed E-state index contributed by atoms with van der Waals surface area (Å²) in [5, 5.41) is 6.58. The van der Waals surface area contributed by atoms with Gasteiger partial charge in [-0.1, -0.05) is 29.0 Å². The maximum atomic E-state index is 12.9. The number of nitrogens with one attached hydrogen (secondary N) is 2. The van der Waals surface area contributed by atoms with Crippen molar-refractivity contribution < 1.29 is 9.59 Å². The van der Waals surface area contributed by atoms with Crippen LogP contribution >= 0.6 is 22.9 Å². The van der Waals surface area contributed by atoms with Gasteiger partial charge in [-0.2, -0.15) is 4.98 Å². The van der Waals surface area contributed by atoms with Gasteiger partial charge in [-0.15, -0.1) is 0 Å². The lowest BCUT2D eigenvalue weighted by Gasteiger charge is -2.31. The van der Waals surface area contributed by atoms with Gasteiger partial charge in [0.25, 0.3) is 5.56 Å². The SMILES string of the molecule is CNC(=O)C1CCCN(c2nc3ncn(CC(=O)Nc4cccc(Cl)c4)c(=O)c3s2)C1. The first-order valence-electron chi connectivity index (χ1n) is 9.82. The Morgan fingerprint density at radius 3 is 2.97 bits per heavy atom. The lowest BCUT2D eigenvalue weighted by atomic mass is 9.98. The minimum absolute atomic E-state index is 0.0111. The number of amides is 2. The first-order chi connectivity index (χ1) is 14.9. The Hall–Kier alpha value is -2.98. The fourth-order valence-electron chi connectivity index (χ4n) is 3.57. The van der Waals surface area contributed by atoms with Gasteiger partial charge in [-0.05, 0) is 31.0 Å². The van der Waals surface area contributed by atoms with E-state index >= 15 is 0 Å². The average Bonchev–Trinajstić information content (AvgIpc) is 3.20. The fraction of sp³-hybridized carbons (Fsp3) is 0.350. The number of anilines is 2. The Kier molecular flexibility index (Phi) is 6.19. The van der Waals surface area contributed by atoms with Crippen LogP contribution in [0.15, 0.2) is 35.4 Å². The highest BCUT2D eigenvalue weighted by Gasteiger charge is 2.27. The summed E-state index contributed by atoms with van der Waals surface area (Å²) in [6.07, 6.45) is 3.03. The topological polar surface area (TPSA) is 109 Å². The minimum Gasteiger partial charge on any atom is -0.359 e. The van der Waals surface area contributed by atoms with E-state index in [4.69, 9.17) is 11.6 Å². The second-order valence-corrected chi connectivity index (χ2v) is 8.70. The highest BCUT2D eigenvalue weighted by atomic mass is 35.5. The number of rotatable bonds is 5. The zero-order valence-electron chi connectivity index (χ0n) is 16.8. The van der Waals surface area contributed by atoms with Crippen LogP contribution in [-0.4, -0.2) is 46.5 Å². The summed E-state index contributed by atoms with van der Waals surface area (Å²) in [4.78, 5) is 48.0. The van der Waals surface area contributed by atoms with Crippen LogP contribution in [0.4, 0.5) is 10.8 Å². The summed E-state index contributed by atoms with van der Waals surface area (Å²) in [5.74, 6) is -0.456. The number of carbonyl (C=O) groups excluding carboxylic acids is 2. The monoisotopic (exact) mass is 460 g/mol. The summed E-state index contributed by atoms with van der Waals surface area (Å²) < 4.78 is 1.64. The number of benzene rings is 1. The fourth-order valence-corrected chi connectivity index (χ4v) is 4.77. The molecule has 0 bridgehead atoms. The van der Waals surface area contributed by atoms with Crippen LogP contribution in [0.25, 0.3) is 10.3 Å². The van der Waals surface area contributed by atoms with Crippen molar-refractivity contribution in [2.45, 2.75) is 19.4 Å². The molecule has 0 saturated carbocycles. The molecule has 2 amide bonds. The van der Waals surface area contributed by atoms with Gasteiger partial charge in [0, 0.05) is 30.8 Å². The number of piperidine rings is 1. The van der Waals surface area contributed by atoms with E-state index in [-0.39, 0.29) is 29.8 Å². The first kappa shape index (κ1) is 21.3. The molecule has 4 rings (SSSR count). The van der Waals surface area contributed by atoms with Crippen molar-refractivity contribution in [1.29, 1.82) is 0 Å². The molecule has 0 spiro atoms. The van der Waals surface area contributed by atoms with Crippen molar-refractivity contribution in [3.63, 3.8) is 0 Å². The third-order valence-electron chi connectivity index (χ3n) is 5.10. The zero-order chi connectivity index (χ0) is 22.0. The van der Waals surface area contributed by atoms with E-state index in [1.807, 2.05) is 4.90 Å². The number of aromatic nitrogens is 3. The minimum atomic E-state index is -0.361. The van der Waals surface area contributed by atoms with Gasteiger partial charge in [-0.3, -0.25) is 19.0 Å². The Morgan fingerprint density at radius 2 is 2.19 bits per heavy atom. The molecule has 1 saturated heterocycles. The number of hydrogen-bond acceptors (Lipinski definition) is 7. The van der Waals surface area contributed by atoms with Gasteiger partial charge >= 0.3 is 0 Å². The lowest BCUT2D eigenvalue weighted by molar-refractivity contribution is -0.124. The van der Waals surface area contributed by atoms with Crippen LogP contribution in [-0.2, 0) is 16.1 Å². The summed E-state index contributed by atoms with van der Waals surface area (Å²) in [7, 11) is 1.63. The maximum Gasteiger partial charge on any atom is 0.273 e. The third kappa shape index (κ3) is 4.70. The number of carbonyl (C=O) groups is 2. The molecule has 31 heavy (non-hydrogen) atoms. The van der Waals surface area contributed by atoms with E-state index in [1.165, 1.54) is 22.2 Å². The van der Waals surface area contributed by atoms with E-state index in [0.29, 0.717) is 32.7 Å². The second-order valence-electron chi connectivity index (χ2n) is 7.28. The van der Waals surface area contributed by atoms with E-state index in [2.05, 4.69) is 20.6 Å². The van der Waals surface area contributed by atoms with Crippen molar-refractivity contribution in [3.05, 3.63) is 46.0 Å². The summed E-state index contributed by atoms with van der Waals surface area (Å²) in [5.41, 5.74) is 0.573. The van der Waals surface area contributed by atoms with Gasteiger partial charge in [0.05, 0.1) is 5.92 Å². The predicted octanol–water partition coefficient (Wildman–Crippen LogP) is 2.11. The largest absolute Gasteiger partial charge is 0.359 e. The van der Waals surface area contributed by atoms with E-state index < -0.39 is 0 Å². The molecular formula is C20H21ClN6O3S. The van der Waals surface area contributed by atoms with Crippen LogP contribution in [0.5, 0.6) is 0 Å². The molecule has 11 heteroatoms. The molecule has 3 heterocycles. The smallest absolute Gasteiger partial charge is 0.273 e. The van der Waals surface area contributed by atoms with Crippen molar-refractivity contribution in [2.24, 2.45) is 5.92 Å². The predicted molar refractivity (Wildman–Crippen MR) is 121 cm³/mol. The number of thiazole rings is 1. The van der Waals surface area contributed by atoms with Gasteiger partial charge < -0.3 is 15.5 Å². The normalized spacial score (nSPS) is 16.3. The van der Waals surface area contributed by atoms with Crippen molar-refractivity contribution >= 4 is 55.9 Å². The van der Waals surface area contributed by atoms with E-state index in [0.717, 1.165) is 19.4 Å². The molecule has 3 aromatic rings. The second kappa shape index (κ2) is 9.03. The summed E-state index contributed by atoms with van der Waals surface area (Å²) in [6.45, 7) is 1.14. The van der Waals surface area contributed by atoms with Crippen LogP contribution in [0.1, 0.15) is 12.8 Å². The van der Waals surface area contributed by atoms with E-state index in [9.17, 15) is 14.4 Å². The van der Waals surface area contributed by atoms with Gasteiger partial charge in [-0.25, -0.2) is 4.98 Å². The van der Waals surface area contributed by atoms with Crippen LogP contribution < -0.4 is 21.1 Å². The average molecular weight is 461 g/mol. The molecule has 1 aromatic carbocycles. The highest BCUT2D eigenvalue weighted by molar-refractivity contribution is 7.22. The quantitative estimate of drug-likeness (QED) is 0.603. The van der Waals surface area contributed by atoms with Gasteiger partial charge in [0.2, 0.25) is 11.8 Å². The Balaban J connectivity index is 1.52. The van der Waals surface area contributed by atoms with Crippen LogP contribution in [0.3, 0.4) is 0 Å². The molecule has 0 radical (unpaired) electrons. The Bertz CT molecular complexity index is 1190. The summed E-state index contributed by atoms with van der Waals surface area (Å²) in [6, 6.07) is 6.78. The zero-order valence-corrected chi connectivity index (χ0v) is 18.4. The molecule has 1 unspecified atom stereocenters. The van der Waals surface area contributed by atoms with Crippen molar-refractivity contribution in [1.82, 2.24) is 19.9 Å². The number of fused-ring (bicyclic) bond motifs is 1. The van der Waals surface area contributed by atoms with Crippen molar-refractivity contribution in [3.8, 4) is 0 Å². The molecule has 2 aromatic heterocycles. The Labute approximate surface area is 187 Å². The molecule has 1 fully saturated rings. The summed E-state index contributed by atoms with van der Waals surface area (Å²) >= 11 is 7.17. The molecule has 1 atom stereocenters. The highest BCUT2D eigenvalue weighted by Crippen LogP contribution is 2.29. The molecule has 2 N–H and O–H groups in total. The Morgan fingerprint density at radius 1 is 1.35 bits per heavy atom. The van der Waals surface area contributed by atoms with Crippen LogP contribution in [0.2, 0.25) is 5.02 Å². The molecular weight excluding hydrogens is 440 g/mol. The standard InChI is InChI=1S/C20H21ClN6O3S/c1-22-18(29)12-4-3-7-26(9-12)20-25-17-16(31-20)19(30)27(11-23-17)10-15(28)24-14-6-2-5-13(21)8-14/h2,5-6,8,11-12H,3-4,7,9-10H2,1H3,(H,22,29)(H,24,28). The van der Waals surface area contributed by atoms with Crippen molar-refractivity contribution in [2.75, 3.05) is 30.4 Å². The van der Waals surface area contributed by atoms with Gasteiger partial charge in [0.1, 0.15) is 17.6 Å². The van der Waals surface area contributed by atoms with E-state index in [1.54, 1.807) is 31.3 Å². The molecule has 0 aliphatic carbocycles. The molecule has 162 valence electrons.